The Hall–Kier alpha value is -2.83. The molecule has 0 aliphatic carbocycles. The van der Waals surface area contributed by atoms with Crippen molar-refractivity contribution in [1.82, 2.24) is 10.2 Å². The third-order valence-corrected chi connectivity index (χ3v) is 3.31. The highest BCUT2D eigenvalue weighted by Gasteiger charge is 2.34. The zero-order chi connectivity index (χ0) is 16.8. The molecule has 122 valence electrons. The fraction of sp³-hybridized carbons (Fsp3) is 0.312. The predicted molar refractivity (Wildman–Crippen MR) is 81.2 cm³/mol. The van der Waals surface area contributed by atoms with Crippen LogP contribution in [0.15, 0.2) is 41.6 Å². The zero-order valence-electron chi connectivity index (χ0n) is 12.7. The molecule has 0 saturated carbocycles. The number of amides is 1. The largest absolute Gasteiger partial charge is 0.480 e. The Morgan fingerprint density at radius 1 is 1.30 bits per heavy atom. The molecule has 1 aromatic carbocycles. The average Bonchev–Trinajstić information content (AvgIpc) is 2.83. The second kappa shape index (κ2) is 7.44. The number of carbonyl (C=O) groups excluding carboxylic acids is 2. The smallest absolute Gasteiger partial charge is 0.338 e. The molecule has 0 radical (unpaired) electrons. The molecule has 1 heterocycles. The van der Waals surface area contributed by atoms with E-state index in [0.717, 1.165) is 5.56 Å². The van der Waals surface area contributed by atoms with Gasteiger partial charge in [0.2, 0.25) is 0 Å². The molecule has 0 fully saturated rings. The summed E-state index contributed by atoms with van der Waals surface area (Å²) in [5.74, 6) is -2.13. The number of nitrogens with one attached hydrogen (secondary N) is 1. The molecular formula is C16H18N2O5. The van der Waals surface area contributed by atoms with Crippen molar-refractivity contribution in [1.29, 1.82) is 0 Å². The van der Waals surface area contributed by atoms with Crippen molar-refractivity contribution in [3.05, 3.63) is 47.2 Å². The minimum Gasteiger partial charge on any atom is -0.480 e. The summed E-state index contributed by atoms with van der Waals surface area (Å²) in [6, 6.07) is 9.34. The molecule has 1 amide bonds. The molecule has 0 bridgehead atoms. The summed E-state index contributed by atoms with van der Waals surface area (Å²) in [6.07, 6.45) is 0. The molecule has 0 aromatic heterocycles. The number of hydrogen-bond donors (Lipinski definition) is 2. The zero-order valence-corrected chi connectivity index (χ0v) is 12.7. The fourth-order valence-corrected chi connectivity index (χ4v) is 2.29. The van der Waals surface area contributed by atoms with Gasteiger partial charge < -0.3 is 20.1 Å². The van der Waals surface area contributed by atoms with Gasteiger partial charge in [-0.3, -0.25) is 9.59 Å². The van der Waals surface area contributed by atoms with Crippen LogP contribution in [0.3, 0.4) is 0 Å². The van der Waals surface area contributed by atoms with Crippen molar-refractivity contribution in [2.75, 3.05) is 19.7 Å². The monoisotopic (exact) mass is 318 g/mol. The molecule has 1 aliphatic rings. The summed E-state index contributed by atoms with van der Waals surface area (Å²) in [6.45, 7) is 1.83. The van der Waals surface area contributed by atoms with Gasteiger partial charge in [0.25, 0.3) is 5.91 Å². The molecule has 2 N–H and O–H groups in total. The van der Waals surface area contributed by atoms with Crippen LogP contribution < -0.4 is 5.32 Å². The molecule has 7 heteroatoms. The van der Waals surface area contributed by atoms with Gasteiger partial charge >= 0.3 is 11.9 Å². The van der Waals surface area contributed by atoms with Crippen LogP contribution in [0.4, 0.5) is 0 Å². The molecular weight excluding hydrogens is 300 g/mol. The van der Waals surface area contributed by atoms with Crippen LogP contribution in [0.2, 0.25) is 0 Å². The number of benzene rings is 1. The van der Waals surface area contributed by atoms with Gasteiger partial charge in [-0.1, -0.05) is 30.3 Å². The third kappa shape index (κ3) is 4.09. The lowest BCUT2D eigenvalue weighted by Gasteiger charge is -2.16. The van der Waals surface area contributed by atoms with Crippen molar-refractivity contribution in [3.63, 3.8) is 0 Å². The first-order valence-corrected chi connectivity index (χ1v) is 7.22. The summed E-state index contributed by atoms with van der Waals surface area (Å²) >= 11 is 0. The normalized spacial score (nSPS) is 14.1. The van der Waals surface area contributed by atoms with Crippen molar-refractivity contribution < 1.29 is 24.2 Å². The number of nitrogens with zero attached hydrogens (tertiary/aromatic N) is 1. The van der Waals surface area contributed by atoms with Crippen LogP contribution in [0.25, 0.3) is 0 Å². The summed E-state index contributed by atoms with van der Waals surface area (Å²) < 4.78 is 4.95. The summed E-state index contributed by atoms with van der Waals surface area (Å²) in [7, 11) is 0. The van der Waals surface area contributed by atoms with Crippen molar-refractivity contribution >= 4 is 17.8 Å². The number of hydrogen-bond acceptors (Lipinski definition) is 5. The maximum absolute atomic E-state index is 12.4. The van der Waals surface area contributed by atoms with Crippen LogP contribution in [-0.4, -0.2) is 47.5 Å². The van der Waals surface area contributed by atoms with E-state index in [9.17, 15) is 14.4 Å². The van der Waals surface area contributed by atoms with Gasteiger partial charge in [-0.25, -0.2) is 4.79 Å². The van der Waals surface area contributed by atoms with Crippen LogP contribution in [0, 0.1) is 0 Å². The minimum atomic E-state index is -1.12. The van der Waals surface area contributed by atoms with Gasteiger partial charge in [0, 0.05) is 6.54 Å². The highest BCUT2D eigenvalue weighted by Crippen LogP contribution is 2.20. The molecule has 0 saturated heterocycles. The van der Waals surface area contributed by atoms with Crippen LogP contribution in [0.5, 0.6) is 0 Å². The van der Waals surface area contributed by atoms with Crippen molar-refractivity contribution in [2.24, 2.45) is 0 Å². The quantitative estimate of drug-likeness (QED) is 0.712. The Morgan fingerprint density at radius 3 is 2.61 bits per heavy atom. The highest BCUT2D eigenvalue weighted by molar-refractivity contribution is 6.06. The van der Waals surface area contributed by atoms with E-state index in [1.165, 1.54) is 4.90 Å². The number of carboxylic acids is 1. The van der Waals surface area contributed by atoms with E-state index >= 15 is 0 Å². The van der Waals surface area contributed by atoms with E-state index in [1.807, 2.05) is 30.3 Å². The topological polar surface area (TPSA) is 95.9 Å². The Labute approximate surface area is 133 Å². The maximum atomic E-state index is 12.4. The lowest BCUT2D eigenvalue weighted by molar-refractivity contribution is -0.139. The highest BCUT2D eigenvalue weighted by atomic mass is 16.5. The van der Waals surface area contributed by atoms with E-state index in [0.29, 0.717) is 6.54 Å². The lowest BCUT2D eigenvalue weighted by Crippen LogP contribution is -2.32. The molecule has 1 aromatic rings. The molecule has 7 nitrogen and oxygen atoms in total. The number of rotatable bonds is 7. The standard InChI is InChI=1S/C16H18N2O5/c1-2-23-16(22)12-10-18(9-11-6-4-3-5-7-11)15(21)14(12)17-8-13(19)20/h3-7,17H,2,8-10H2,1H3,(H,19,20). The maximum Gasteiger partial charge on any atom is 0.338 e. The second-order valence-corrected chi connectivity index (χ2v) is 4.97. The molecule has 0 unspecified atom stereocenters. The van der Waals surface area contributed by atoms with Gasteiger partial charge in [0.15, 0.2) is 0 Å². The summed E-state index contributed by atoms with van der Waals surface area (Å²) in [5.41, 5.74) is 1.08. The molecule has 1 aliphatic heterocycles. The van der Waals surface area contributed by atoms with Gasteiger partial charge in [-0.15, -0.1) is 0 Å². The third-order valence-electron chi connectivity index (χ3n) is 3.31. The van der Waals surface area contributed by atoms with Gasteiger partial charge in [-0.2, -0.15) is 0 Å². The van der Waals surface area contributed by atoms with Gasteiger partial charge in [-0.05, 0) is 12.5 Å². The molecule has 23 heavy (non-hydrogen) atoms. The van der Waals surface area contributed by atoms with Crippen molar-refractivity contribution in [2.45, 2.75) is 13.5 Å². The Morgan fingerprint density at radius 2 is 2.00 bits per heavy atom. The number of carbonyl (C=O) groups is 3. The average molecular weight is 318 g/mol. The first kappa shape index (κ1) is 16.5. The number of carboxylic acid groups (broad SMARTS) is 1. The SMILES string of the molecule is CCOC(=O)C1=C(NCC(=O)O)C(=O)N(Cc2ccccc2)C1. The summed E-state index contributed by atoms with van der Waals surface area (Å²) in [4.78, 5) is 36.6. The van der Waals surface area contributed by atoms with Gasteiger partial charge in [0.1, 0.15) is 12.2 Å². The fourth-order valence-electron chi connectivity index (χ4n) is 2.29. The molecule has 0 atom stereocenters. The lowest BCUT2D eigenvalue weighted by atomic mass is 10.2. The van der Waals surface area contributed by atoms with Crippen LogP contribution in [0.1, 0.15) is 12.5 Å². The molecule has 2 rings (SSSR count). The number of ether oxygens (including phenoxy) is 1. The Balaban J connectivity index is 2.17. The van der Waals surface area contributed by atoms with E-state index in [-0.39, 0.29) is 24.4 Å². The van der Waals surface area contributed by atoms with Crippen molar-refractivity contribution in [3.8, 4) is 0 Å². The Kier molecular flexibility index (Phi) is 5.35. The van der Waals surface area contributed by atoms with E-state index in [1.54, 1.807) is 6.92 Å². The van der Waals surface area contributed by atoms with Crippen LogP contribution in [-0.2, 0) is 25.7 Å². The second-order valence-electron chi connectivity index (χ2n) is 4.97. The van der Waals surface area contributed by atoms with E-state index in [4.69, 9.17) is 9.84 Å². The minimum absolute atomic E-state index is 0.00165. The first-order chi connectivity index (χ1) is 11.0. The predicted octanol–water partition coefficient (Wildman–Crippen LogP) is 0.520. The first-order valence-electron chi connectivity index (χ1n) is 7.22. The molecule has 0 spiro atoms. The van der Waals surface area contributed by atoms with E-state index in [2.05, 4.69) is 5.32 Å². The van der Waals surface area contributed by atoms with Gasteiger partial charge in [0.05, 0.1) is 18.7 Å². The number of esters is 1. The number of aliphatic carboxylic acids is 1. The Bertz CT molecular complexity index is 639. The van der Waals surface area contributed by atoms with E-state index < -0.39 is 24.4 Å². The van der Waals surface area contributed by atoms with Crippen LogP contribution >= 0.6 is 0 Å². The summed E-state index contributed by atoms with van der Waals surface area (Å²) in [5, 5.41) is 11.3.